The number of anilines is 2. The zero-order valence-electron chi connectivity index (χ0n) is 18.6. The third-order valence-electron chi connectivity index (χ3n) is 4.69. The summed E-state index contributed by atoms with van der Waals surface area (Å²) in [4.78, 5) is 41.5. The van der Waals surface area contributed by atoms with E-state index in [-0.39, 0.29) is 5.91 Å². The van der Waals surface area contributed by atoms with Crippen molar-refractivity contribution in [1.29, 1.82) is 0 Å². The van der Waals surface area contributed by atoms with Crippen LogP contribution in [0.15, 0.2) is 48.5 Å². The van der Waals surface area contributed by atoms with E-state index >= 15 is 0 Å². The first-order chi connectivity index (χ1) is 15.8. The number of nitrogens with one attached hydrogen (secondary N) is 3. The van der Waals surface area contributed by atoms with Gasteiger partial charge in [0.25, 0.3) is 5.91 Å². The number of aromatic nitrogens is 1. The Morgan fingerprint density at radius 2 is 1.64 bits per heavy atom. The number of amides is 3. The Hall–Kier alpha value is -3.92. The summed E-state index contributed by atoms with van der Waals surface area (Å²) in [5.74, 6) is -0.112. The van der Waals surface area contributed by atoms with Crippen molar-refractivity contribution in [2.24, 2.45) is 0 Å². The van der Waals surface area contributed by atoms with Crippen LogP contribution in [0.5, 0.6) is 5.75 Å². The highest BCUT2D eigenvalue weighted by Crippen LogP contribution is 2.31. The molecule has 33 heavy (non-hydrogen) atoms. The monoisotopic (exact) mass is 468 g/mol. The molecule has 1 heterocycles. The lowest BCUT2D eigenvalue weighted by molar-refractivity contribution is -0.142. The molecule has 3 aromatic rings. The Kier molecular flexibility index (Phi) is 7.62. The van der Waals surface area contributed by atoms with Crippen LogP contribution < -0.4 is 20.7 Å². The average Bonchev–Trinajstić information content (AvgIpc) is 3.18. The quantitative estimate of drug-likeness (QED) is 0.450. The van der Waals surface area contributed by atoms with E-state index in [1.807, 2.05) is 31.2 Å². The number of benzene rings is 2. The van der Waals surface area contributed by atoms with E-state index in [0.717, 1.165) is 21.9 Å². The summed E-state index contributed by atoms with van der Waals surface area (Å²) in [5, 5.41) is 8.35. The van der Waals surface area contributed by atoms with E-state index in [2.05, 4.69) is 25.7 Å². The van der Waals surface area contributed by atoms with Crippen molar-refractivity contribution in [3.63, 3.8) is 0 Å². The van der Waals surface area contributed by atoms with Gasteiger partial charge in [-0.25, -0.2) is 14.6 Å². The maximum absolute atomic E-state index is 12.6. The molecule has 0 saturated carbocycles. The van der Waals surface area contributed by atoms with Crippen LogP contribution in [-0.2, 0) is 9.53 Å². The summed E-state index contributed by atoms with van der Waals surface area (Å²) in [5.41, 5.74) is 2.60. The van der Waals surface area contributed by atoms with Gasteiger partial charge in [0.1, 0.15) is 11.8 Å². The SMILES string of the molecule is COC(=O)C(C)NC(=O)Nc1ccc(C(=O)Nc2nc(-c3ccc(OC)cc3)c(C)s2)cc1. The number of ether oxygens (including phenoxy) is 2. The highest BCUT2D eigenvalue weighted by atomic mass is 32.1. The summed E-state index contributed by atoms with van der Waals surface area (Å²) in [6, 6.07) is 12.6. The molecule has 0 bridgehead atoms. The van der Waals surface area contributed by atoms with Crippen molar-refractivity contribution >= 4 is 40.1 Å². The molecule has 3 N–H and O–H groups in total. The Bertz CT molecular complexity index is 1140. The van der Waals surface area contributed by atoms with Gasteiger partial charge >= 0.3 is 12.0 Å². The molecule has 172 valence electrons. The maximum Gasteiger partial charge on any atom is 0.328 e. The Morgan fingerprint density at radius 1 is 0.970 bits per heavy atom. The summed E-state index contributed by atoms with van der Waals surface area (Å²) >= 11 is 1.39. The van der Waals surface area contributed by atoms with Gasteiger partial charge in [0, 0.05) is 21.7 Å². The second-order valence-corrected chi connectivity index (χ2v) is 8.23. The summed E-state index contributed by atoms with van der Waals surface area (Å²) < 4.78 is 9.74. The predicted molar refractivity (Wildman–Crippen MR) is 127 cm³/mol. The fourth-order valence-electron chi connectivity index (χ4n) is 2.94. The van der Waals surface area contributed by atoms with Gasteiger partial charge in [-0.3, -0.25) is 10.1 Å². The van der Waals surface area contributed by atoms with Crippen molar-refractivity contribution in [3.8, 4) is 17.0 Å². The third kappa shape index (κ3) is 6.07. The summed E-state index contributed by atoms with van der Waals surface area (Å²) in [6.45, 7) is 3.46. The minimum Gasteiger partial charge on any atom is -0.497 e. The van der Waals surface area contributed by atoms with Gasteiger partial charge < -0.3 is 20.1 Å². The molecule has 0 saturated heterocycles. The number of carbonyl (C=O) groups is 3. The molecular weight excluding hydrogens is 444 g/mol. The number of esters is 1. The van der Waals surface area contributed by atoms with E-state index in [1.54, 1.807) is 31.4 Å². The molecule has 2 aromatic carbocycles. The highest BCUT2D eigenvalue weighted by Gasteiger charge is 2.16. The van der Waals surface area contributed by atoms with Crippen molar-refractivity contribution in [1.82, 2.24) is 10.3 Å². The van der Waals surface area contributed by atoms with Crippen LogP contribution in [0.25, 0.3) is 11.3 Å². The standard InChI is InChI=1S/C23H24N4O5S/c1-13(21(29)32-4)24-22(30)25-17-9-5-16(6-10-17)20(28)27-23-26-19(14(2)33-23)15-7-11-18(31-3)12-8-15/h5-13H,1-4H3,(H2,24,25,30)(H,26,27,28). The van der Waals surface area contributed by atoms with Crippen LogP contribution in [0.1, 0.15) is 22.2 Å². The molecule has 1 aromatic heterocycles. The van der Waals surface area contributed by atoms with Gasteiger partial charge in [-0.1, -0.05) is 0 Å². The van der Waals surface area contributed by atoms with Crippen molar-refractivity contribution < 1.29 is 23.9 Å². The number of hydrogen-bond acceptors (Lipinski definition) is 7. The lowest BCUT2D eigenvalue weighted by atomic mass is 10.1. The Morgan fingerprint density at radius 3 is 2.24 bits per heavy atom. The number of aryl methyl sites for hydroxylation is 1. The molecule has 0 aliphatic rings. The minimum absolute atomic E-state index is 0.319. The van der Waals surface area contributed by atoms with Crippen LogP contribution in [0.4, 0.5) is 15.6 Å². The first-order valence-electron chi connectivity index (χ1n) is 9.99. The van der Waals surface area contributed by atoms with Crippen LogP contribution >= 0.6 is 11.3 Å². The fourth-order valence-corrected chi connectivity index (χ4v) is 3.77. The van der Waals surface area contributed by atoms with Gasteiger partial charge in [-0.05, 0) is 62.4 Å². The van der Waals surface area contributed by atoms with Crippen molar-refractivity contribution in [2.75, 3.05) is 24.9 Å². The van der Waals surface area contributed by atoms with Crippen LogP contribution in [0.2, 0.25) is 0 Å². The molecule has 10 heteroatoms. The molecule has 0 spiro atoms. The van der Waals surface area contributed by atoms with E-state index in [4.69, 9.17) is 4.74 Å². The molecule has 0 aliphatic carbocycles. The van der Waals surface area contributed by atoms with Gasteiger partial charge in [0.15, 0.2) is 5.13 Å². The van der Waals surface area contributed by atoms with E-state index in [0.29, 0.717) is 16.4 Å². The second-order valence-electron chi connectivity index (χ2n) is 7.03. The number of methoxy groups -OCH3 is 2. The topological polar surface area (TPSA) is 119 Å². The minimum atomic E-state index is -0.787. The lowest BCUT2D eigenvalue weighted by Crippen LogP contribution is -2.41. The number of nitrogens with zero attached hydrogens (tertiary/aromatic N) is 1. The maximum atomic E-state index is 12.6. The molecule has 3 amide bonds. The fraction of sp³-hybridized carbons (Fsp3) is 0.217. The number of carbonyl (C=O) groups excluding carboxylic acids is 3. The molecule has 1 atom stereocenters. The second kappa shape index (κ2) is 10.6. The lowest BCUT2D eigenvalue weighted by Gasteiger charge is -2.12. The molecule has 9 nitrogen and oxygen atoms in total. The Labute approximate surface area is 195 Å². The first-order valence-corrected chi connectivity index (χ1v) is 10.8. The molecule has 3 rings (SSSR count). The zero-order chi connectivity index (χ0) is 24.0. The Balaban J connectivity index is 1.61. The normalized spacial score (nSPS) is 11.3. The van der Waals surface area contributed by atoms with Gasteiger partial charge in [-0.15, -0.1) is 11.3 Å². The highest BCUT2D eigenvalue weighted by molar-refractivity contribution is 7.16. The number of hydrogen-bond donors (Lipinski definition) is 3. The molecule has 0 fully saturated rings. The molecular formula is C23H24N4O5S. The zero-order valence-corrected chi connectivity index (χ0v) is 19.4. The van der Waals surface area contributed by atoms with Crippen LogP contribution in [-0.4, -0.2) is 43.2 Å². The number of urea groups is 1. The van der Waals surface area contributed by atoms with E-state index in [1.165, 1.54) is 25.4 Å². The van der Waals surface area contributed by atoms with Gasteiger partial charge in [-0.2, -0.15) is 0 Å². The van der Waals surface area contributed by atoms with Gasteiger partial charge in [0.05, 0.1) is 19.9 Å². The largest absolute Gasteiger partial charge is 0.497 e. The van der Waals surface area contributed by atoms with Crippen LogP contribution in [0.3, 0.4) is 0 Å². The first kappa shape index (κ1) is 23.7. The molecule has 1 unspecified atom stereocenters. The van der Waals surface area contributed by atoms with Crippen LogP contribution in [0, 0.1) is 6.92 Å². The number of thiazole rings is 1. The summed E-state index contributed by atoms with van der Waals surface area (Å²) in [7, 11) is 2.86. The number of rotatable bonds is 7. The third-order valence-corrected chi connectivity index (χ3v) is 5.57. The predicted octanol–water partition coefficient (Wildman–Crippen LogP) is 4.06. The van der Waals surface area contributed by atoms with Gasteiger partial charge in [0.2, 0.25) is 0 Å². The smallest absolute Gasteiger partial charge is 0.328 e. The molecule has 0 radical (unpaired) electrons. The van der Waals surface area contributed by atoms with Crippen molar-refractivity contribution in [3.05, 3.63) is 59.0 Å². The van der Waals surface area contributed by atoms with E-state index in [9.17, 15) is 14.4 Å². The average molecular weight is 469 g/mol. The van der Waals surface area contributed by atoms with E-state index < -0.39 is 18.0 Å². The summed E-state index contributed by atoms with van der Waals surface area (Å²) in [6.07, 6.45) is 0. The molecule has 0 aliphatic heterocycles. The van der Waals surface area contributed by atoms with Crippen molar-refractivity contribution in [2.45, 2.75) is 19.9 Å².